The number of aliphatic carboxylic acids is 1. The number of carboxylic acid groups (broad SMARTS) is 1. The first-order valence-electron chi connectivity index (χ1n) is 10.9. The number of halogens is 2. The number of benzene rings is 3. The zero-order chi connectivity index (χ0) is 26.1. The number of nitrogens with one attached hydrogen (secondary N) is 1. The van der Waals surface area contributed by atoms with E-state index >= 15 is 0 Å². The highest BCUT2D eigenvalue weighted by atomic mass is 31.2. The van der Waals surface area contributed by atoms with E-state index < -0.39 is 36.9 Å². The number of hydrogen-bond acceptors (Lipinski definition) is 4. The van der Waals surface area contributed by atoms with Crippen molar-refractivity contribution in [1.29, 1.82) is 0 Å². The number of amides is 1. The molecule has 11 heteroatoms. The average Bonchev–Trinajstić information content (AvgIpc) is 3.15. The number of hydrogen-bond donors (Lipinski definition) is 4. The fraction of sp³-hybridized carbons (Fsp3) is 0.200. The fourth-order valence-corrected chi connectivity index (χ4v) is 4.71. The minimum absolute atomic E-state index is 0.0155. The summed E-state index contributed by atoms with van der Waals surface area (Å²) in [6, 6.07) is 17.9. The summed E-state index contributed by atoms with van der Waals surface area (Å²) in [4.78, 5) is 41.8. The van der Waals surface area contributed by atoms with Crippen LogP contribution in [0.25, 0.3) is 11.1 Å². The van der Waals surface area contributed by atoms with Gasteiger partial charge in [0.15, 0.2) is 0 Å². The van der Waals surface area contributed by atoms with E-state index in [4.69, 9.17) is 14.5 Å². The third kappa shape index (κ3) is 5.02. The van der Waals surface area contributed by atoms with Gasteiger partial charge in [0.2, 0.25) is 0 Å². The lowest BCUT2D eigenvalue weighted by atomic mass is 9.98. The van der Waals surface area contributed by atoms with Crippen LogP contribution < -0.4 is 5.32 Å². The van der Waals surface area contributed by atoms with Crippen LogP contribution in [0.5, 0.6) is 0 Å². The highest BCUT2D eigenvalue weighted by molar-refractivity contribution is 7.52. The average molecular weight is 517 g/mol. The van der Waals surface area contributed by atoms with Gasteiger partial charge in [-0.25, -0.2) is 9.59 Å². The molecule has 1 aliphatic rings. The van der Waals surface area contributed by atoms with E-state index in [0.29, 0.717) is 0 Å². The normalized spacial score (nSPS) is 14.0. The summed E-state index contributed by atoms with van der Waals surface area (Å²) in [5.74, 6) is -1.58. The number of carbonyl (C=O) groups is 2. The van der Waals surface area contributed by atoms with Crippen molar-refractivity contribution in [2.75, 3.05) is 6.61 Å². The quantitative estimate of drug-likeness (QED) is 0.325. The molecule has 0 heterocycles. The number of carbonyl (C=O) groups excluding carboxylic acids is 1. The van der Waals surface area contributed by atoms with Gasteiger partial charge in [0.1, 0.15) is 12.6 Å². The molecule has 1 unspecified atom stereocenters. The maximum Gasteiger partial charge on any atom is 0.407 e. The predicted octanol–water partition coefficient (Wildman–Crippen LogP) is 4.45. The van der Waals surface area contributed by atoms with Crippen LogP contribution in [0.2, 0.25) is 0 Å². The summed E-state index contributed by atoms with van der Waals surface area (Å²) in [5, 5.41) is 11.8. The van der Waals surface area contributed by atoms with Crippen molar-refractivity contribution in [3.05, 3.63) is 95.1 Å². The zero-order valence-corrected chi connectivity index (χ0v) is 19.6. The van der Waals surface area contributed by atoms with Gasteiger partial charge >= 0.3 is 25.3 Å². The third-order valence-electron chi connectivity index (χ3n) is 6.04. The molecular weight excluding hydrogens is 495 g/mol. The fourth-order valence-electron chi connectivity index (χ4n) is 4.23. The molecule has 0 spiro atoms. The Morgan fingerprint density at radius 1 is 0.944 bits per heavy atom. The van der Waals surface area contributed by atoms with E-state index in [2.05, 4.69) is 5.32 Å². The molecule has 1 amide bonds. The smallest absolute Gasteiger partial charge is 0.407 e. The number of alkyl halides is 2. The number of fused-ring (bicyclic) bond motifs is 3. The Morgan fingerprint density at radius 2 is 1.47 bits per heavy atom. The summed E-state index contributed by atoms with van der Waals surface area (Å²) in [6.07, 6.45) is -1.21. The molecule has 188 valence electrons. The zero-order valence-electron chi connectivity index (χ0n) is 18.7. The minimum Gasteiger partial charge on any atom is -0.480 e. The molecule has 0 aliphatic heterocycles. The van der Waals surface area contributed by atoms with Crippen molar-refractivity contribution >= 4 is 19.7 Å². The van der Waals surface area contributed by atoms with E-state index in [-0.39, 0.29) is 24.5 Å². The number of rotatable bonds is 8. The van der Waals surface area contributed by atoms with Crippen LogP contribution >= 0.6 is 7.60 Å². The standard InChI is InChI=1S/C25H22F2NO7P/c26-25(27,36(32,33)34)16-11-9-15(10-12-16)13-22(23(29)30)28-24(31)35-14-21-19-7-3-1-5-17(19)18-6-2-4-8-20(18)21/h1-12,21-22H,13-14H2,(H,28,31)(H,29,30)(H2,32,33,34). The van der Waals surface area contributed by atoms with E-state index in [0.717, 1.165) is 46.5 Å². The van der Waals surface area contributed by atoms with Crippen LogP contribution in [0, 0.1) is 0 Å². The van der Waals surface area contributed by atoms with Gasteiger partial charge in [0.25, 0.3) is 0 Å². The molecule has 1 aliphatic carbocycles. The van der Waals surface area contributed by atoms with Gasteiger partial charge in [-0.2, -0.15) is 8.78 Å². The Bertz CT molecular complexity index is 1290. The SMILES string of the molecule is O=C(NC(Cc1ccc(C(F)(F)P(=O)(O)O)cc1)C(=O)O)OCC1c2ccccc2-c2ccccc21. The second kappa shape index (κ2) is 9.81. The molecule has 4 rings (SSSR count). The van der Waals surface area contributed by atoms with Gasteiger partial charge in [-0.1, -0.05) is 72.8 Å². The van der Waals surface area contributed by atoms with Gasteiger partial charge in [-0.05, 0) is 27.8 Å². The molecule has 1 atom stereocenters. The Kier molecular flexibility index (Phi) is 6.95. The highest BCUT2D eigenvalue weighted by Crippen LogP contribution is 2.59. The van der Waals surface area contributed by atoms with E-state index in [1.54, 1.807) is 0 Å². The van der Waals surface area contributed by atoms with Crippen LogP contribution in [0.15, 0.2) is 72.8 Å². The molecule has 0 saturated carbocycles. The summed E-state index contributed by atoms with van der Waals surface area (Å²) in [6.45, 7) is -0.0155. The van der Waals surface area contributed by atoms with Crippen LogP contribution in [0.4, 0.5) is 13.6 Å². The first-order chi connectivity index (χ1) is 17.0. The van der Waals surface area contributed by atoms with E-state index in [9.17, 15) is 28.0 Å². The largest absolute Gasteiger partial charge is 0.480 e. The molecule has 36 heavy (non-hydrogen) atoms. The number of ether oxygens (including phenoxy) is 1. The monoisotopic (exact) mass is 517 g/mol. The molecule has 4 N–H and O–H groups in total. The first kappa shape index (κ1) is 25.5. The lowest BCUT2D eigenvalue weighted by molar-refractivity contribution is -0.139. The second-order valence-corrected chi connectivity index (χ2v) is 10.00. The Morgan fingerprint density at radius 3 is 1.97 bits per heavy atom. The molecule has 0 bridgehead atoms. The molecule has 3 aromatic carbocycles. The maximum atomic E-state index is 13.8. The van der Waals surface area contributed by atoms with Gasteiger partial charge in [-0.3, -0.25) is 4.57 Å². The van der Waals surface area contributed by atoms with Gasteiger partial charge in [0.05, 0.1) is 0 Å². The molecular formula is C25H22F2NO7P. The van der Waals surface area contributed by atoms with Crippen molar-refractivity contribution in [2.24, 2.45) is 0 Å². The first-order valence-corrected chi connectivity index (χ1v) is 12.5. The molecule has 8 nitrogen and oxygen atoms in total. The summed E-state index contributed by atoms with van der Waals surface area (Å²) >= 11 is 0. The van der Waals surface area contributed by atoms with Crippen LogP contribution in [0.3, 0.4) is 0 Å². The third-order valence-corrected chi connectivity index (χ3v) is 7.03. The molecule has 3 aromatic rings. The van der Waals surface area contributed by atoms with Crippen molar-refractivity contribution in [1.82, 2.24) is 5.32 Å². The second-order valence-electron chi connectivity index (χ2n) is 8.35. The Balaban J connectivity index is 1.41. The molecule has 0 aromatic heterocycles. The van der Waals surface area contributed by atoms with Crippen molar-refractivity contribution < 1.29 is 42.6 Å². The van der Waals surface area contributed by atoms with Crippen molar-refractivity contribution in [3.63, 3.8) is 0 Å². The Hall–Kier alpha value is -3.59. The van der Waals surface area contributed by atoms with E-state index in [1.807, 2.05) is 48.5 Å². The Labute approximate surface area is 204 Å². The minimum atomic E-state index is -5.73. The number of alkyl carbamates (subject to hydrolysis) is 1. The topological polar surface area (TPSA) is 133 Å². The van der Waals surface area contributed by atoms with Gasteiger partial charge < -0.3 is 24.9 Å². The molecule has 0 saturated heterocycles. The molecule has 0 radical (unpaired) electrons. The van der Waals surface area contributed by atoms with Gasteiger partial charge in [0, 0.05) is 17.9 Å². The number of carboxylic acids is 1. The van der Waals surface area contributed by atoms with Gasteiger partial charge in [-0.15, -0.1) is 0 Å². The molecule has 0 fully saturated rings. The summed E-state index contributed by atoms with van der Waals surface area (Å²) in [5.41, 5.74) is -0.960. The lowest BCUT2D eigenvalue weighted by Crippen LogP contribution is -2.42. The highest BCUT2D eigenvalue weighted by Gasteiger charge is 2.50. The van der Waals surface area contributed by atoms with Crippen molar-refractivity contribution in [3.8, 4) is 11.1 Å². The van der Waals surface area contributed by atoms with Crippen molar-refractivity contribution in [2.45, 2.75) is 24.0 Å². The summed E-state index contributed by atoms with van der Waals surface area (Å²) < 4.78 is 44.0. The predicted molar refractivity (Wildman–Crippen MR) is 126 cm³/mol. The summed E-state index contributed by atoms with van der Waals surface area (Å²) in [7, 11) is -5.73. The lowest BCUT2D eigenvalue weighted by Gasteiger charge is -2.19. The van der Waals surface area contributed by atoms with Crippen LogP contribution in [-0.2, 0) is 26.2 Å². The van der Waals surface area contributed by atoms with Crippen LogP contribution in [-0.4, -0.2) is 39.6 Å². The van der Waals surface area contributed by atoms with E-state index in [1.165, 1.54) is 0 Å². The van der Waals surface area contributed by atoms with Crippen LogP contribution in [0.1, 0.15) is 28.2 Å². The maximum absolute atomic E-state index is 13.8.